The molecule has 0 atom stereocenters. The number of amides is 1. The molecule has 0 radical (unpaired) electrons. The number of aromatic nitrogens is 2. The molecule has 0 unspecified atom stereocenters. The lowest BCUT2D eigenvalue weighted by atomic mass is 9.97. The summed E-state index contributed by atoms with van der Waals surface area (Å²) >= 11 is 1.33. The third-order valence-corrected chi connectivity index (χ3v) is 7.39. The highest BCUT2D eigenvalue weighted by Crippen LogP contribution is 2.26. The fraction of sp³-hybridized carbons (Fsp3) is 0.500. The van der Waals surface area contributed by atoms with Gasteiger partial charge in [0.1, 0.15) is 5.01 Å². The number of hydrogen-bond donors (Lipinski definition) is 1. The predicted molar refractivity (Wildman–Crippen MR) is 105 cm³/mol. The van der Waals surface area contributed by atoms with Gasteiger partial charge in [0, 0.05) is 25.4 Å². The summed E-state index contributed by atoms with van der Waals surface area (Å²) in [7, 11) is -3.94. The largest absolute Gasteiger partial charge is 0.300 e. The Labute approximate surface area is 172 Å². The Morgan fingerprint density at radius 2 is 1.93 bits per heavy atom. The summed E-state index contributed by atoms with van der Waals surface area (Å²) in [4.78, 5) is 12.2. The lowest BCUT2D eigenvalue weighted by molar-refractivity contribution is -0.120. The van der Waals surface area contributed by atoms with E-state index in [0.717, 1.165) is 23.6 Å². The molecule has 0 bridgehead atoms. The number of hydrogen-bond acceptors (Lipinski definition) is 6. The summed E-state index contributed by atoms with van der Waals surface area (Å²) in [5.74, 6) is -2.46. The number of nitrogens with zero attached hydrogens (tertiary/aromatic N) is 3. The zero-order chi connectivity index (χ0) is 21.2. The Hall–Kier alpha value is -1.98. The van der Waals surface area contributed by atoms with Crippen LogP contribution in [0.3, 0.4) is 0 Å². The molecule has 1 aromatic carbocycles. The van der Waals surface area contributed by atoms with Crippen LogP contribution in [0.4, 0.5) is 13.9 Å². The van der Waals surface area contributed by atoms with Crippen LogP contribution in [0.25, 0.3) is 0 Å². The molecule has 1 aromatic heterocycles. The van der Waals surface area contributed by atoms with Gasteiger partial charge in [0.05, 0.1) is 4.90 Å². The zero-order valence-electron chi connectivity index (χ0n) is 16.1. The standard InChI is InChI=1S/C18H22F2N4O3S2/c1-11(2)9-16-22-23-18(28-16)21-17(25)12-5-7-24(8-6-12)29(26,27)13-3-4-14(19)15(20)10-13/h3-4,10-12H,5-9H2,1-2H3,(H,21,23,25). The third-order valence-electron chi connectivity index (χ3n) is 4.63. The number of sulfonamides is 1. The van der Waals surface area contributed by atoms with Gasteiger partial charge in [-0.15, -0.1) is 10.2 Å². The van der Waals surface area contributed by atoms with Gasteiger partial charge in [-0.25, -0.2) is 17.2 Å². The third kappa shape index (κ3) is 5.14. The highest BCUT2D eigenvalue weighted by atomic mass is 32.2. The molecule has 11 heteroatoms. The molecule has 0 saturated carbocycles. The van der Waals surface area contributed by atoms with Crippen LogP contribution in [0.15, 0.2) is 23.1 Å². The van der Waals surface area contributed by atoms with Crippen molar-refractivity contribution in [2.24, 2.45) is 11.8 Å². The van der Waals surface area contributed by atoms with Gasteiger partial charge in [-0.05, 0) is 37.0 Å². The second kappa shape index (κ2) is 8.80. The fourth-order valence-corrected chi connectivity index (χ4v) is 5.52. The smallest absolute Gasteiger partial charge is 0.243 e. The van der Waals surface area contributed by atoms with Crippen molar-refractivity contribution in [1.29, 1.82) is 0 Å². The van der Waals surface area contributed by atoms with E-state index >= 15 is 0 Å². The van der Waals surface area contributed by atoms with Crippen molar-refractivity contribution in [3.63, 3.8) is 0 Å². The lowest BCUT2D eigenvalue weighted by Crippen LogP contribution is -2.41. The fourth-order valence-electron chi connectivity index (χ4n) is 3.09. The maximum atomic E-state index is 13.4. The van der Waals surface area contributed by atoms with Gasteiger partial charge in [0.25, 0.3) is 0 Å². The quantitative estimate of drug-likeness (QED) is 0.739. The maximum Gasteiger partial charge on any atom is 0.243 e. The highest BCUT2D eigenvalue weighted by molar-refractivity contribution is 7.89. The minimum atomic E-state index is -3.94. The van der Waals surface area contributed by atoms with E-state index in [2.05, 4.69) is 29.4 Å². The molecule has 0 spiro atoms. The predicted octanol–water partition coefficient (Wildman–Crippen LogP) is 3.05. The van der Waals surface area contributed by atoms with Crippen molar-refractivity contribution in [2.45, 2.75) is 38.0 Å². The van der Waals surface area contributed by atoms with E-state index in [4.69, 9.17) is 0 Å². The summed E-state index contributed by atoms with van der Waals surface area (Å²) in [5, 5.41) is 12.1. The number of carbonyl (C=O) groups excluding carboxylic acids is 1. The summed E-state index contributed by atoms with van der Waals surface area (Å²) in [5.41, 5.74) is 0. The van der Waals surface area contributed by atoms with Gasteiger partial charge < -0.3 is 5.32 Å². The van der Waals surface area contributed by atoms with Crippen LogP contribution in [-0.2, 0) is 21.2 Å². The lowest BCUT2D eigenvalue weighted by Gasteiger charge is -2.30. The van der Waals surface area contributed by atoms with Crippen LogP contribution < -0.4 is 5.32 Å². The van der Waals surface area contributed by atoms with Crippen molar-refractivity contribution in [3.8, 4) is 0 Å². The normalized spacial score (nSPS) is 16.3. The summed E-state index contributed by atoms with van der Waals surface area (Å²) in [6, 6.07) is 2.50. The first-order valence-corrected chi connectivity index (χ1v) is 11.5. The summed E-state index contributed by atoms with van der Waals surface area (Å²) in [6.45, 7) is 4.38. The first-order chi connectivity index (χ1) is 13.7. The number of carbonyl (C=O) groups is 1. The van der Waals surface area contributed by atoms with Crippen LogP contribution in [0.5, 0.6) is 0 Å². The van der Waals surface area contributed by atoms with Gasteiger partial charge in [-0.2, -0.15) is 4.31 Å². The average Bonchev–Trinajstić information content (AvgIpc) is 3.10. The van der Waals surface area contributed by atoms with E-state index in [1.54, 1.807) is 0 Å². The van der Waals surface area contributed by atoms with Crippen LogP contribution in [0, 0.1) is 23.5 Å². The van der Waals surface area contributed by atoms with Gasteiger partial charge in [0.2, 0.25) is 21.1 Å². The van der Waals surface area contributed by atoms with E-state index < -0.39 is 21.7 Å². The maximum absolute atomic E-state index is 13.4. The minimum Gasteiger partial charge on any atom is -0.300 e. The van der Waals surface area contributed by atoms with Crippen molar-refractivity contribution in [1.82, 2.24) is 14.5 Å². The van der Waals surface area contributed by atoms with E-state index in [1.807, 2.05) is 0 Å². The SMILES string of the molecule is CC(C)Cc1nnc(NC(=O)C2CCN(S(=O)(=O)c3ccc(F)c(F)c3)CC2)s1. The summed E-state index contributed by atoms with van der Waals surface area (Å²) < 4.78 is 52.9. The molecule has 2 heterocycles. The van der Waals surface area contributed by atoms with E-state index in [1.165, 1.54) is 15.6 Å². The number of rotatable bonds is 6. The van der Waals surface area contributed by atoms with Crippen LogP contribution >= 0.6 is 11.3 Å². The monoisotopic (exact) mass is 444 g/mol. The molecule has 1 N–H and O–H groups in total. The van der Waals surface area contributed by atoms with Gasteiger partial charge in [-0.1, -0.05) is 25.2 Å². The highest BCUT2D eigenvalue weighted by Gasteiger charge is 2.32. The number of anilines is 1. The Bertz CT molecular complexity index is 987. The van der Waals surface area contributed by atoms with Crippen LogP contribution in [0.2, 0.25) is 0 Å². The molecule has 1 amide bonds. The molecule has 3 rings (SSSR count). The first-order valence-electron chi connectivity index (χ1n) is 9.25. The molecule has 1 aliphatic heterocycles. The van der Waals surface area contributed by atoms with Crippen molar-refractivity contribution in [2.75, 3.05) is 18.4 Å². The molecule has 1 aliphatic rings. The van der Waals surface area contributed by atoms with Crippen LogP contribution in [-0.4, -0.2) is 41.9 Å². The number of benzene rings is 1. The molecule has 1 fully saturated rings. The number of halogens is 2. The Kier molecular flexibility index (Phi) is 6.59. The second-order valence-electron chi connectivity index (χ2n) is 7.34. The average molecular weight is 445 g/mol. The van der Waals surface area contributed by atoms with Gasteiger partial charge in [-0.3, -0.25) is 4.79 Å². The molecule has 7 nitrogen and oxygen atoms in total. The first kappa shape index (κ1) is 21.7. The van der Waals surface area contributed by atoms with Crippen molar-refractivity contribution < 1.29 is 22.0 Å². The van der Waals surface area contributed by atoms with Gasteiger partial charge in [0.15, 0.2) is 11.6 Å². The van der Waals surface area contributed by atoms with E-state index in [9.17, 15) is 22.0 Å². The topological polar surface area (TPSA) is 92.3 Å². The van der Waals surface area contributed by atoms with Crippen molar-refractivity contribution >= 4 is 32.4 Å². The molecule has 1 saturated heterocycles. The van der Waals surface area contributed by atoms with E-state index in [-0.39, 0.29) is 29.8 Å². The van der Waals surface area contributed by atoms with Crippen LogP contribution in [0.1, 0.15) is 31.7 Å². The Balaban J connectivity index is 1.58. The van der Waals surface area contributed by atoms with Gasteiger partial charge >= 0.3 is 0 Å². The number of piperidine rings is 1. The second-order valence-corrected chi connectivity index (χ2v) is 10.3. The molecule has 0 aliphatic carbocycles. The molecular formula is C18H22F2N4O3S2. The van der Waals surface area contributed by atoms with Crippen molar-refractivity contribution in [3.05, 3.63) is 34.8 Å². The molecular weight excluding hydrogens is 422 g/mol. The molecule has 158 valence electrons. The molecule has 2 aromatic rings. The Morgan fingerprint density at radius 1 is 1.24 bits per heavy atom. The van der Waals surface area contributed by atoms with E-state index in [0.29, 0.717) is 30.0 Å². The zero-order valence-corrected chi connectivity index (χ0v) is 17.7. The summed E-state index contributed by atoms with van der Waals surface area (Å²) in [6.07, 6.45) is 1.44. The number of nitrogens with one attached hydrogen (secondary N) is 1. The Morgan fingerprint density at radius 3 is 2.55 bits per heavy atom. The minimum absolute atomic E-state index is 0.119. The molecule has 29 heavy (non-hydrogen) atoms.